The van der Waals surface area contributed by atoms with Gasteiger partial charge in [-0.3, -0.25) is 9.69 Å². The van der Waals surface area contributed by atoms with Gasteiger partial charge in [-0.25, -0.2) is 0 Å². The summed E-state index contributed by atoms with van der Waals surface area (Å²) in [7, 11) is 0. The van der Waals surface area contributed by atoms with Crippen LogP contribution in [0.15, 0.2) is 42.0 Å². The van der Waals surface area contributed by atoms with Gasteiger partial charge in [-0.2, -0.15) is 0 Å². The molecule has 0 spiro atoms. The van der Waals surface area contributed by atoms with E-state index >= 15 is 0 Å². The molecule has 0 radical (unpaired) electrons. The highest BCUT2D eigenvalue weighted by Gasteiger charge is 2.13. The fraction of sp³-hybridized carbons (Fsp3) is 0.357. The number of Topliss-reactive ketones (excluding diaryl/α,β-unsaturated/α-hetero) is 1. The average Bonchev–Trinajstić information content (AvgIpc) is 2.33. The Kier molecular flexibility index (Phi) is 3.52. The van der Waals surface area contributed by atoms with Crippen molar-refractivity contribution in [1.29, 1.82) is 0 Å². The van der Waals surface area contributed by atoms with E-state index in [0.717, 1.165) is 25.1 Å². The highest BCUT2D eigenvalue weighted by Crippen LogP contribution is 2.10. The van der Waals surface area contributed by atoms with Crippen molar-refractivity contribution >= 4 is 5.78 Å². The van der Waals surface area contributed by atoms with E-state index in [1.54, 1.807) is 0 Å². The maximum atomic E-state index is 11.9. The molecule has 1 aliphatic heterocycles. The van der Waals surface area contributed by atoms with Crippen molar-refractivity contribution in [3.05, 3.63) is 47.5 Å². The molecule has 1 heterocycles. The molecule has 1 aromatic rings. The molecule has 0 aliphatic carbocycles. The molecule has 1 aromatic carbocycles. The molecule has 2 rings (SSSR count). The third kappa shape index (κ3) is 2.80. The van der Waals surface area contributed by atoms with Crippen LogP contribution in [0.3, 0.4) is 0 Å². The van der Waals surface area contributed by atoms with Crippen molar-refractivity contribution in [3.63, 3.8) is 0 Å². The molecule has 2 nitrogen and oxygen atoms in total. The zero-order chi connectivity index (χ0) is 11.4. The van der Waals surface area contributed by atoms with Gasteiger partial charge >= 0.3 is 0 Å². The summed E-state index contributed by atoms with van der Waals surface area (Å²) in [6, 6.07) is 9.52. The molecule has 0 N–H and O–H groups in total. The maximum absolute atomic E-state index is 11.9. The van der Waals surface area contributed by atoms with Crippen LogP contribution in [-0.2, 0) is 0 Å². The highest BCUT2D eigenvalue weighted by atomic mass is 16.1. The predicted molar refractivity (Wildman–Crippen MR) is 65.6 cm³/mol. The van der Waals surface area contributed by atoms with E-state index in [2.05, 4.69) is 17.9 Å². The van der Waals surface area contributed by atoms with E-state index in [-0.39, 0.29) is 5.78 Å². The summed E-state index contributed by atoms with van der Waals surface area (Å²) in [5.41, 5.74) is 2.25. The zero-order valence-electron chi connectivity index (χ0n) is 9.65. The second-order valence-electron chi connectivity index (χ2n) is 4.32. The van der Waals surface area contributed by atoms with Crippen molar-refractivity contribution in [3.8, 4) is 0 Å². The lowest BCUT2D eigenvalue weighted by Gasteiger charge is -2.24. The van der Waals surface area contributed by atoms with Crippen LogP contribution >= 0.6 is 0 Å². The van der Waals surface area contributed by atoms with Crippen molar-refractivity contribution in [2.24, 2.45) is 0 Å². The van der Waals surface area contributed by atoms with Gasteiger partial charge in [0.15, 0.2) is 5.78 Å². The fourth-order valence-electron chi connectivity index (χ4n) is 1.87. The van der Waals surface area contributed by atoms with Gasteiger partial charge in [-0.15, -0.1) is 0 Å². The van der Waals surface area contributed by atoms with Gasteiger partial charge < -0.3 is 0 Å². The van der Waals surface area contributed by atoms with Gasteiger partial charge in [0.1, 0.15) is 0 Å². The smallest absolute Gasteiger partial charge is 0.176 e. The van der Waals surface area contributed by atoms with Crippen LogP contribution in [0.4, 0.5) is 0 Å². The first-order valence-electron chi connectivity index (χ1n) is 5.72. The minimum Gasteiger partial charge on any atom is -0.293 e. The van der Waals surface area contributed by atoms with E-state index in [1.165, 1.54) is 5.57 Å². The lowest BCUT2D eigenvalue weighted by atomic mass is 10.1. The summed E-state index contributed by atoms with van der Waals surface area (Å²) in [5.74, 6) is 0.216. The molecule has 0 saturated carbocycles. The van der Waals surface area contributed by atoms with Crippen LogP contribution < -0.4 is 0 Å². The van der Waals surface area contributed by atoms with Crippen LogP contribution in [0, 0.1) is 0 Å². The van der Waals surface area contributed by atoms with E-state index in [1.807, 2.05) is 30.3 Å². The van der Waals surface area contributed by atoms with Gasteiger partial charge in [0.2, 0.25) is 0 Å². The summed E-state index contributed by atoms with van der Waals surface area (Å²) in [6.45, 7) is 4.59. The molecule has 0 bridgehead atoms. The first-order chi connectivity index (χ1) is 7.75. The SMILES string of the molecule is CC1=CCN(CC(=O)c2ccccc2)CC1. The van der Waals surface area contributed by atoms with E-state index in [9.17, 15) is 4.79 Å². The topological polar surface area (TPSA) is 20.3 Å². The van der Waals surface area contributed by atoms with Crippen LogP contribution in [0.2, 0.25) is 0 Å². The van der Waals surface area contributed by atoms with Crippen molar-refractivity contribution in [2.45, 2.75) is 13.3 Å². The lowest BCUT2D eigenvalue weighted by molar-refractivity contribution is 0.0936. The fourth-order valence-corrected chi connectivity index (χ4v) is 1.87. The number of carbonyl (C=O) groups is 1. The van der Waals surface area contributed by atoms with Gasteiger partial charge in [-0.1, -0.05) is 42.0 Å². The summed E-state index contributed by atoms with van der Waals surface area (Å²) in [6.07, 6.45) is 3.30. The number of hydrogen-bond donors (Lipinski definition) is 0. The third-order valence-corrected chi connectivity index (χ3v) is 2.98. The third-order valence-electron chi connectivity index (χ3n) is 2.98. The average molecular weight is 215 g/mol. The molecular weight excluding hydrogens is 198 g/mol. The van der Waals surface area contributed by atoms with Crippen LogP contribution in [0.25, 0.3) is 0 Å². The number of hydrogen-bond acceptors (Lipinski definition) is 2. The molecule has 0 aromatic heterocycles. The minimum atomic E-state index is 0.216. The Morgan fingerprint density at radius 2 is 2.06 bits per heavy atom. The summed E-state index contributed by atoms with van der Waals surface area (Å²) >= 11 is 0. The highest BCUT2D eigenvalue weighted by molar-refractivity contribution is 5.97. The molecule has 0 unspecified atom stereocenters. The number of nitrogens with zero attached hydrogens (tertiary/aromatic N) is 1. The summed E-state index contributed by atoms with van der Waals surface area (Å²) in [4.78, 5) is 14.1. The largest absolute Gasteiger partial charge is 0.293 e. The Hall–Kier alpha value is -1.41. The second kappa shape index (κ2) is 5.08. The number of rotatable bonds is 3. The molecule has 0 saturated heterocycles. The Balaban J connectivity index is 1.94. The predicted octanol–water partition coefficient (Wildman–Crippen LogP) is 2.52. The molecule has 0 amide bonds. The lowest BCUT2D eigenvalue weighted by Crippen LogP contribution is -2.33. The Labute approximate surface area is 96.6 Å². The Bertz CT molecular complexity index is 394. The van der Waals surface area contributed by atoms with Crippen LogP contribution in [-0.4, -0.2) is 30.3 Å². The molecule has 1 aliphatic rings. The first kappa shape index (κ1) is 11.1. The number of carbonyl (C=O) groups excluding carboxylic acids is 1. The van der Waals surface area contributed by atoms with Gasteiger partial charge in [0.05, 0.1) is 6.54 Å². The van der Waals surface area contributed by atoms with Crippen molar-refractivity contribution < 1.29 is 4.79 Å². The normalized spacial score (nSPS) is 16.9. The Morgan fingerprint density at radius 3 is 2.69 bits per heavy atom. The molecule has 0 fully saturated rings. The summed E-state index contributed by atoms with van der Waals surface area (Å²) < 4.78 is 0. The van der Waals surface area contributed by atoms with Crippen molar-refractivity contribution in [2.75, 3.05) is 19.6 Å². The number of ketones is 1. The van der Waals surface area contributed by atoms with Crippen molar-refractivity contribution in [1.82, 2.24) is 4.90 Å². The minimum absolute atomic E-state index is 0.216. The van der Waals surface area contributed by atoms with Gasteiger partial charge in [0.25, 0.3) is 0 Å². The van der Waals surface area contributed by atoms with Gasteiger partial charge in [0, 0.05) is 18.7 Å². The maximum Gasteiger partial charge on any atom is 0.176 e. The molecule has 2 heteroatoms. The van der Waals surface area contributed by atoms with E-state index in [4.69, 9.17) is 0 Å². The quantitative estimate of drug-likeness (QED) is 0.570. The van der Waals surface area contributed by atoms with Crippen LogP contribution in [0.1, 0.15) is 23.7 Å². The zero-order valence-corrected chi connectivity index (χ0v) is 9.65. The molecule has 16 heavy (non-hydrogen) atoms. The Morgan fingerprint density at radius 1 is 1.31 bits per heavy atom. The first-order valence-corrected chi connectivity index (χ1v) is 5.72. The second-order valence-corrected chi connectivity index (χ2v) is 4.32. The standard InChI is InChI=1S/C14H17NO/c1-12-7-9-15(10-8-12)11-14(16)13-5-3-2-4-6-13/h2-7H,8-11H2,1H3. The summed E-state index contributed by atoms with van der Waals surface area (Å²) in [5, 5.41) is 0. The number of benzene rings is 1. The van der Waals surface area contributed by atoms with E-state index in [0.29, 0.717) is 6.54 Å². The monoisotopic (exact) mass is 215 g/mol. The molecule has 84 valence electrons. The molecule has 0 atom stereocenters. The van der Waals surface area contributed by atoms with Gasteiger partial charge in [-0.05, 0) is 13.3 Å². The van der Waals surface area contributed by atoms with E-state index < -0.39 is 0 Å². The molecular formula is C14H17NO. The van der Waals surface area contributed by atoms with Crippen LogP contribution in [0.5, 0.6) is 0 Å².